The first-order valence-corrected chi connectivity index (χ1v) is 10.2. The molecule has 172 valence electrons. The largest absolute Gasteiger partial charge is 0.493 e. The highest BCUT2D eigenvalue weighted by atomic mass is 127. The van der Waals surface area contributed by atoms with Gasteiger partial charge < -0.3 is 29.6 Å². The summed E-state index contributed by atoms with van der Waals surface area (Å²) in [6.07, 6.45) is 0. The van der Waals surface area contributed by atoms with E-state index in [2.05, 4.69) is 28.8 Å². The van der Waals surface area contributed by atoms with Crippen molar-refractivity contribution in [3.05, 3.63) is 53.6 Å². The second-order valence-corrected chi connectivity index (χ2v) is 6.46. The lowest BCUT2D eigenvalue weighted by Gasteiger charge is -2.14. The Balaban J connectivity index is 0.00000480. The van der Waals surface area contributed by atoms with E-state index in [1.807, 2.05) is 38.1 Å². The highest BCUT2D eigenvalue weighted by molar-refractivity contribution is 14.0. The molecule has 0 saturated heterocycles. The molecule has 0 aromatic heterocycles. The van der Waals surface area contributed by atoms with Crippen molar-refractivity contribution in [1.29, 1.82) is 0 Å². The third kappa shape index (κ3) is 9.75. The van der Waals surface area contributed by atoms with Gasteiger partial charge in [0.2, 0.25) is 0 Å². The number of halogens is 1. The Kier molecular flexibility index (Phi) is 13.7. The minimum atomic E-state index is 0. The average molecular weight is 543 g/mol. The molecule has 31 heavy (non-hydrogen) atoms. The fourth-order valence-corrected chi connectivity index (χ4v) is 2.80. The molecule has 2 rings (SSSR count). The Morgan fingerprint density at radius 2 is 1.65 bits per heavy atom. The van der Waals surface area contributed by atoms with Crippen LogP contribution in [-0.2, 0) is 22.6 Å². The minimum Gasteiger partial charge on any atom is -0.493 e. The number of ether oxygens (including phenoxy) is 4. The zero-order valence-corrected chi connectivity index (χ0v) is 21.1. The van der Waals surface area contributed by atoms with E-state index in [-0.39, 0.29) is 24.0 Å². The molecule has 0 radical (unpaired) electrons. The van der Waals surface area contributed by atoms with Crippen LogP contribution < -0.4 is 20.1 Å². The number of hydrogen-bond acceptors (Lipinski definition) is 5. The van der Waals surface area contributed by atoms with Crippen molar-refractivity contribution >= 4 is 35.6 Å². The molecule has 0 aliphatic heterocycles. The van der Waals surface area contributed by atoms with Crippen molar-refractivity contribution in [2.45, 2.75) is 27.0 Å². The van der Waals surface area contributed by atoms with E-state index in [0.29, 0.717) is 50.4 Å². The van der Waals surface area contributed by atoms with Gasteiger partial charge in [-0.1, -0.05) is 24.3 Å². The molecule has 0 unspecified atom stereocenters. The Hall–Kier alpha value is -2.04. The number of anilines is 1. The molecule has 8 heteroatoms. The van der Waals surface area contributed by atoms with Gasteiger partial charge in [-0.25, -0.2) is 4.99 Å². The van der Waals surface area contributed by atoms with Crippen LogP contribution in [-0.4, -0.2) is 46.5 Å². The third-order valence-corrected chi connectivity index (χ3v) is 4.25. The third-order valence-electron chi connectivity index (χ3n) is 4.25. The molecule has 0 bridgehead atoms. The topological polar surface area (TPSA) is 73.3 Å². The summed E-state index contributed by atoms with van der Waals surface area (Å²) >= 11 is 0. The van der Waals surface area contributed by atoms with Gasteiger partial charge in [-0.15, -0.1) is 24.0 Å². The molecule has 0 atom stereocenters. The van der Waals surface area contributed by atoms with E-state index in [4.69, 9.17) is 23.9 Å². The fraction of sp³-hybridized carbons (Fsp3) is 0.435. The van der Waals surface area contributed by atoms with Gasteiger partial charge in [0.05, 0.1) is 40.6 Å². The van der Waals surface area contributed by atoms with Gasteiger partial charge in [-0.2, -0.15) is 0 Å². The lowest BCUT2D eigenvalue weighted by atomic mass is 10.1. The van der Waals surface area contributed by atoms with Gasteiger partial charge in [0.15, 0.2) is 17.5 Å². The van der Waals surface area contributed by atoms with Crippen LogP contribution >= 0.6 is 24.0 Å². The van der Waals surface area contributed by atoms with E-state index < -0.39 is 0 Å². The molecular weight excluding hydrogens is 509 g/mol. The molecule has 0 fully saturated rings. The van der Waals surface area contributed by atoms with E-state index in [0.717, 1.165) is 23.4 Å². The van der Waals surface area contributed by atoms with Crippen LogP contribution in [0.2, 0.25) is 0 Å². The summed E-state index contributed by atoms with van der Waals surface area (Å²) < 4.78 is 21.6. The van der Waals surface area contributed by atoms with Crippen LogP contribution in [0.1, 0.15) is 25.0 Å². The minimum absolute atomic E-state index is 0. The lowest BCUT2D eigenvalue weighted by Crippen LogP contribution is -2.30. The quantitative estimate of drug-likeness (QED) is 0.178. The summed E-state index contributed by atoms with van der Waals surface area (Å²) in [6, 6.07) is 13.9. The van der Waals surface area contributed by atoms with Crippen LogP contribution in [0.5, 0.6) is 11.5 Å². The zero-order chi connectivity index (χ0) is 21.6. The molecule has 0 aliphatic carbocycles. The first kappa shape index (κ1) is 27.0. The van der Waals surface area contributed by atoms with Crippen molar-refractivity contribution < 1.29 is 18.9 Å². The smallest absolute Gasteiger partial charge is 0.196 e. The summed E-state index contributed by atoms with van der Waals surface area (Å²) in [5, 5.41) is 6.57. The van der Waals surface area contributed by atoms with E-state index in [1.54, 1.807) is 14.2 Å². The molecule has 0 heterocycles. The van der Waals surface area contributed by atoms with Gasteiger partial charge in [0.1, 0.15) is 0 Å². The van der Waals surface area contributed by atoms with Crippen molar-refractivity contribution in [2.24, 2.45) is 4.99 Å². The first-order valence-electron chi connectivity index (χ1n) is 10.2. The first-order chi connectivity index (χ1) is 14.7. The molecule has 2 N–H and O–H groups in total. The molecule has 0 aliphatic rings. The number of benzene rings is 2. The highest BCUT2D eigenvalue weighted by Gasteiger charge is 2.06. The monoisotopic (exact) mass is 543 g/mol. The Bertz CT molecular complexity index is 802. The summed E-state index contributed by atoms with van der Waals surface area (Å²) in [5.41, 5.74) is 3.10. The molecule has 2 aromatic rings. The van der Waals surface area contributed by atoms with E-state index >= 15 is 0 Å². The fourth-order valence-electron chi connectivity index (χ4n) is 2.80. The normalized spacial score (nSPS) is 10.9. The van der Waals surface area contributed by atoms with Crippen molar-refractivity contribution in [2.75, 3.05) is 45.9 Å². The van der Waals surface area contributed by atoms with Gasteiger partial charge in [-0.3, -0.25) is 0 Å². The number of nitrogens with one attached hydrogen (secondary N) is 2. The van der Waals surface area contributed by atoms with E-state index in [9.17, 15) is 0 Å². The average Bonchev–Trinajstić information content (AvgIpc) is 2.77. The summed E-state index contributed by atoms with van der Waals surface area (Å²) in [6.45, 7) is 7.81. The van der Waals surface area contributed by atoms with Crippen LogP contribution in [0.25, 0.3) is 0 Å². The lowest BCUT2D eigenvalue weighted by molar-refractivity contribution is 0.0453. The molecule has 7 nitrogen and oxygen atoms in total. The summed E-state index contributed by atoms with van der Waals surface area (Å²) in [4.78, 5) is 4.70. The van der Waals surface area contributed by atoms with Gasteiger partial charge in [-0.05, 0) is 37.1 Å². The van der Waals surface area contributed by atoms with Crippen molar-refractivity contribution in [3.63, 3.8) is 0 Å². The molecular formula is C23H34IN3O4. The molecule has 0 spiro atoms. The number of nitrogens with zero attached hydrogens (tertiary/aromatic N) is 1. The van der Waals surface area contributed by atoms with Crippen LogP contribution in [0.4, 0.5) is 5.69 Å². The van der Waals surface area contributed by atoms with Crippen LogP contribution in [0.15, 0.2) is 47.5 Å². The SMILES string of the molecule is CCNC(=NCc1cccc(COCCOCC)c1)Nc1ccc(OC)c(OC)c1.I. The van der Waals surface area contributed by atoms with Crippen molar-refractivity contribution in [1.82, 2.24) is 5.32 Å². The number of rotatable bonds is 12. The predicted octanol–water partition coefficient (Wildman–Crippen LogP) is 4.45. The number of aliphatic imine (C=N–C) groups is 1. The maximum Gasteiger partial charge on any atom is 0.196 e. The number of guanidine groups is 1. The summed E-state index contributed by atoms with van der Waals surface area (Å²) in [7, 11) is 3.24. The van der Waals surface area contributed by atoms with Gasteiger partial charge in [0.25, 0.3) is 0 Å². The second kappa shape index (κ2) is 15.7. The Morgan fingerprint density at radius 1 is 0.903 bits per heavy atom. The Labute approximate surface area is 202 Å². The molecule has 0 amide bonds. The van der Waals surface area contributed by atoms with Gasteiger partial charge >= 0.3 is 0 Å². The number of hydrogen-bond donors (Lipinski definition) is 2. The second-order valence-electron chi connectivity index (χ2n) is 6.46. The standard InChI is InChI=1S/C23H33N3O4.HI/c1-5-24-23(26-20-10-11-21(27-3)22(15-20)28-4)25-16-18-8-7-9-19(14-18)17-30-13-12-29-6-2;/h7-11,14-15H,5-6,12-13,16-17H2,1-4H3,(H2,24,25,26);1H. The molecule has 2 aromatic carbocycles. The molecule has 0 saturated carbocycles. The van der Waals surface area contributed by atoms with Crippen LogP contribution in [0, 0.1) is 0 Å². The summed E-state index contributed by atoms with van der Waals surface area (Å²) in [5.74, 6) is 2.05. The van der Waals surface area contributed by atoms with Gasteiger partial charge in [0, 0.05) is 24.9 Å². The van der Waals surface area contributed by atoms with Crippen molar-refractivity contribution in [3.8, 4) is 11.5 Å². The van der Waals surface area contributed by atoms with E-state index in [1.165, 1.54) is 0 Å². The predicted molar refractivity (Wildman–Crippen MR) is 136 cm³/mol. The van der Waals surface area contributed by atoms with Crippen LogP contribution in [0.3, 0.4) is 0 Å². The number of methoxy groups -OCH3 is 2. The maximum absolute atomic E-state index is 5.65. The maximum atomic E-state index is 5.65. The zero-order valence-electron chi connectivity index (χ0n) is 18.8. The highest BCUT2D eigenvalue weighted by Crippen LogP contribution is 2.29. The Morgan fingerprint density at radius 3 is 2.35 bits per heavy atom.